The van der Waals surface area contributed by atoms with Gasteiger partial charge in [-0.1, -0.05) is 60.7 Å². The van der Waals surface area contributed by atoms with E-state index in [2.05, 4.69) is 22.8 Å². The molecule has 2 atom stereocenters. The SMILES string of the molecule is C[C@H](NC(=O)C(Cl)C1(NCc2ccccc2)CC1)c1ccccc1. The van der Waals surface area contributed by atoms with E-state index in [1.807, 2.05) is 55.5 Å². The van der Waals surface area contributed by atoms with Gasteiger partial charge in [0.15, 0.2) is 0 Å². The van der Waals surface area contributed by atoms with E-state index in [0.717, 1.165) is 24.9 Å². The highest BCUT2D eigenvalue weighted by Gasteiger charge is 2.51. The van der Waals surface area contributed by atoms with Gasteiger partial charge in [0.05, 0.1) is 6.04 Å². The second-order valence-corrected chi connectivity index (χ2v) is 6.94. The number of rotatable bonds is 7. The van der Waals surface area contributed by atoms with Crippen molar-refractivity contribution in [1.82, 2.24) is 10.6 Å². The third-order valence-electron chi connectivity index (χ3n) is 4.65. The van der Waals surface area contributed by atoms with Crippen molar-refractivity contribution in [3.05, 3.63) is 71.8 Å². The van der Waals surface area contributed by atoms with Gasteiger partial charge in [-0.3, -0.25) is 4.79 Å². The van der Waals surface area contributed by atoms with Crippen LogP contribution in [0.15, 0.2) is 60.7 Å². The van der Waals surface area contributed by atoms with Crippen LogP contribution in [0.1, 0.15) is 36.9 Å². The molecule has 1 amide bonds. The first kappa shape index (κ1) is 17.0. The monoisotopic (exact) mass is 342 g/mol. The Hall–Kier alpha value is -1.84. The summed E-state index contributed by atoms with van der Waals surface area (Å²) >= 11 is 6.51. The summed E-state index contributed by atoms with van der Waals surface area (Å²) in [6.45, 7) is 2.71. The topological polar surface area (TPSA) is 41.1 Å². The summed E-state index contributed by atoms with van der Waals surface area (Å²) in [6.07, 6.45) is 1.86. The van der Waals surface area contributed by atoms with Gasteiger partial charge in [-0.15, -0.1) is 11.6 Å². The normalized spacial score (nSPS) is 17.8. The van der Waals surface area contributed by atoms with Gasteiger partial charge in [-0.25, -0.2) is 0 Å². The van der Waals surface area contributed by atoms with Crippen LogP contribution in [0.2, 0.25) is 0 Å². The Morgan fingerprint density at radius 1 is 1.08 bits per heavy atom. The zero-order chi connectivity index (χ0) is 17.0. The number of amides is 1. The summed E-state index contributed by atoms with van der Waals surface area (Å²) in [7, 11) is 0. The number of carbonyl (C=O) groups is 1. The first-order chi connectivity index (χ1) is 11.6. The number of halogens is 1. The molecule has 1 unspecified atom stereocenters. The van der Waals surface area contributed by atoms with Gasteiger partial charge in [0.25, 0.3) is 0 Å². The lowest BCUT2D eigenvalue weighted by molar-refractivity contribution is -0.122. The van der Waals surface area contributed by atoms with Crippen LogP contribution in [0.5, 0.6) is 0 Å². The second-order valence-electron chi connectivity index (χ2n) is 6.50. The highest BCUT2D eigenvalue weighted by atomic mass is 35.5. The third-order valence-corrected chi connectivity index (χ3v) is 5.27. The molecule has 0 heterocycles. The first-order valence-electron chi connectivity index (χ1n) is 8.39. The highest BCUT2D eigenvalue weighted by molar-refractivity contribution is 6.32. The van der Waals surface area contributed by atoms with Gasteiger partial charge in [0.1, 0.15) is 5.38 Å². The first-order valence-corrected chi connectivity index (χ1v) is 8.83. The average molecular weight is 343 g/mol. The van der Waals surface area contributed by atoms with E-state index < -0.39 is 5.38 Å². The molecule has 3 nitrogen and oxygen atoms in total. The second kappa shape index (κ2) is 7.37. The minimum atomic E-state index is -0.563. The molecule has 4 heteroatoms. The van der Waals surface area contributed by atoms with E-state index >= 15 is 0 Å². The molecule has 3 rings (SSSR count). The zero-order valence-electron chi connectivity index (χ0n) is 13.8. The number of carbonyl (C=O) groups excluding carboxylic acids is 1. The Bertz CT molecular complexity index is 671. The van der Waals surface area contributed by atoms with Gasteiger partial charge in [-0.05, 0) is 30.9 Å². The maximum Gasteiger partial charge on any atom is 0.240 e. The van der Waals surface area contributed by atoms with Gasteiger partial charge in [0.2, 0.25) is 5.91 Å². The molecule has 2 aromatic carbocycles. The van der Waals surface area contributed by atoms with Crippen LogP contribution in [0.4, 0.5) is 0 Å². The number of nitrogens with one attached hydrogen (secondary N) is 2. The fraction of sp³-hybridized carbons (Fsp3) is 0.350. The fourth-order valence-electron chi connectivity index (χ4n) is 2.89. The maximum absolute atomic E-state index is 12.5. The smallest absolute Gasteiger partial charge is 0.240 e. The summed E-state index contributed by atoms with van der Waals surface area (Å²) in [5.74, 6) is -0.105. The zero-order valence-corrected chi connectivity index (χ0v) is 14.6. The molecule has 1 saturated carbocycles. The summed E-state index contributed by atoms with van der Waals surface area (Å²) in [5, 5.41) is 5.95. The summed E-state index contributed by atoms with van der Waals surface area (Å²) < 4.78 is 0. The van der Waals surface area contributed by atoms with Gasteiger partial charge < -0.3 is 10.6 Å². The quantitative estimate of drug-likeness (QED) is 0.751. The average Bonchev–Trinajstić information content (AvgIpc) is 3.42. The molecule has 24 heavy (non-hydrogen) atoms. The Balaban J connectivity index is 1.56. The molecule has 0 radical (unpaired) electrons. The largest absolute Gasteiger partial charge is 0.348 e. The van der Waals surface area contributed by atoms with Gasteiger partial charge in [0, 0.05) is 12.1 Å². The Morgan fingerprint density at radius 3 is 2.25 bits per heavy atom. The van der Waals surface area contributed by atoms with Gasteiger partial charge >= 0.3 is 0 Å². The summed E-state index contributed by atoms with van der Waals surface area (Å²) in [6, 6.07) is 20.1. The van der Waals surface area contributed by atoms with Crippen molar-refractivity contribution in [2.24, 2.45) is 0 Å². The molecule has 0 aromatic heterocycles. The molecule has 2 aromatic rings. The summed E-state index contributed by atoms with van der Waals surface area (Å²) in [4.78, 5) is 12.5. The predicted octanol–water partition coefficient (Wildman–Crippen LogP) is 3.79. The van der Waals surface area contributed by atoms with Crippen molar-refractivity contribution in [3.63, 3.8) is 0 Å². The van der Waals surface area contributed by atoms with Crippen molar-refractivity contribution in [3.8, 4) is 0 Å². The van der Waals surface area contributed by atoms with Crippen LogP contribution in [0.3, 0.4) is 0 Å². The van der Waals surface area contributed by atoms with Crippen LogP contribution in [-0.2, 0) is 11.3 Å². The minimum absolute atomic E-state index is 0.0510. The minimum Gasteiger partial charge on any atom is -0.348 e. The maximum atomic E-state index is 12.5. The standard InChI is InChI=1S/C20H23ClN2O/c1-15(17-10-6-3-7-11-17)23-19(24)18(21)20(12-13-20)22-14-16-8-4-2-5-9-16/h2-11,15,18,22H,12-14H2,1H3,(H,23,24)/t15-,18?/m0/s1. The third kappa shape index (κ3) is 3.97. The van der Waals surface area contributed by atoms with Crippen LogP contribution in [0.25, 0.3) is 0 Å². The lowest BCUT2D eigenvalue weighted by Gasteiger charge is -2.24. The lowest BCUT2D eigenvalue weighted by Crippen LogP contribution is -2.48. The van der Waals surface area contributed by atoms with E-state index in [0.29, 0.717) is 0 Å². The van der Waals surface area contributed by atoms with E-state index in [4.69, 9.17) is 11.6 Å². The van der Waals surface area contributed by atoms with Crippen LogP contribution in [-0.4, -0.2) is 16.8 Å². The van der Waals surface area contributed by atoms with E-state index in [1.165, 1.54) is 5.56 Å². The van der Waals surface area contributed by atoms with Crippen molar-refractivity contribution in [2.75, 3.05) is 0 Å². The molecule has 2 N–H and O–H groups in total. The fourth-order valence-corrected chi connectivity index (χ4v) is 3.25. The number of hydrogen-bond acceptors (Lipinski definition) is 2. The molecule has 1 aliphatic rings. The molecular weight excluding hydrogens is 320 g/mol. The van der Waals surface area contributed by atoms with Crippen molar-refractivity contribution in [1.29, 1.82) is 0 Å². The molecule has 0 saturated heterocycles. The van der Waals surface area contributed by atoms with Crippen LogP contribution < -0.4 is 10.6 Å². The molecule has 126 valence electrons. The Morgan fingerprint density at radius 2 is 1.67 bits per heavy atom. The van der Waals surface area contributed by atoms with E-state index in [-0.39, 0.29) is 17.5 Å². The molecule has 0 aliphatic heterocycles. The van der Waals surface area contributed by atoms with Gasteiger partial charge in [-0.2, -0.15) is 0 Å². The van der Waals surface area contributed by atoms with Crippen molar-refractivity contribution < 1.29 is 4.79 Å². The number of hydrogen-bond donors (Lipinski definition) is 2. The number of alkyl halides is 1. The highest BCUT2D eigenvalue weighted by Crippen LogP contribution is 2.42. The molecule has 1 aliphatic carbocycles. The number of benzene rings is 2. The summed E-state index contributed by atoms with van der Waals surface area (Å²) in [5.41, 5.74) is 2.00. The van der Waals surface area contributed by atoms with E-state index in [1.54, 1.807) is 0 Å². The van der Waals surface area contributed by atoms with Crippen LogP contribution in [0, 0.1) is 0 Å². The molecule has 0 spiro atoms. The predicted molar refractivity (Wildman–Crippen MR) is 97.9 cm³/mol. The van der Waals surface area contributed by atoms with Crippen LogP contribution >= 0.6 is 11.6 Å². The Kier molecular flexibility index (Phi) is 5.22. The Labute approximate surface area is 148 Å². The van der Waals surface area contributed by atoms with E-state index in [9.17, 15) is 4.79 Å². The van der Waals surface area contributed by atoms with Crippen molar-refractivity contribution >= 4 is 17.5 Å². The molecule has 1 fully saturated rings. The van der Waals surface area contributed by atoms with Crippen molar-refractivity contribution in [2.45, 2.75) is 43.3 Å². The molecular formula is C20H23ClN2O. The molecule has 0 bridgehead atoms. The lowest BCUT2D eigenvalue weighted by atomic mass is 10.1.